The Morgan fingerprint density at radius 3 is 2.81 bits per heavy atom. The highest BCUT2D eigenvalue weighted by atomic mass is 35.5. The molecule has 1 N–H and O–H groups in total. The van der Waals surface area contributed by atoms with Crippen molar-refractivity contribution in [3.63, 3.8) is 0 Å². The van der Waals surface area contributed by atoms with Crippen LogP contribution in [0.1, 0.15) is 12.8 Å². The molecule has 0 amide bonds. The average Bonchev–Trinajstić information content (AvgIpc) is 3.08. The molecule has 0 spiro atoms. The number of carboxylic acid groups (broad SMARTS) is 1. The Morgan fingerprint density at radius 1 is 1.23 bits per heavy atom. The molecule has 0 unspecified atom stereocenters. The van der Waals surface area contributed by atoms with E-state index >= 15 is 0 Å². The molecule has 1 fully saturated rings. The van der Waals surface area contributed by atoms with Gasteiger partial charge in [-0.25, -0.2) is 0 Å². The molecule has 1 atom stereocenters. The Kier molecular flexibility index (Phi) is 6.70. The van der Waals surface area contributed by atoms with Gasteiger partial charge in [0.15, 0.2) is 0 Å². The van der Waals surface area contributed by atoms with E-state index in [1.807, 2.05) is 41.3 Å². The molecular weight excluding hydrogens is 393 g/mol. The number of aliphatic carboxylic acids is 1. The van der Waals surface area contributed by atoms with Crippen LogP contribution < -0.4 is 4.74 Å². The number of para-hydroxylation sites is 1. The lowest BCUT2D eigenvalue weighted by Gasteiger charge is -2.21. The van der Waals surface area contributed by atoms with Crippen LogP contribution in [0.3, 0.4) is 0 Å². The van der Waals surface area contributed by atoms with Crippen molar-refractivity contribution in [1.29, 1.82) is 0 Å². The topological polar surface area (TPSA) is 49.8 Å². The van der Waals surface area contributed by atoms with Gasteiger partial charge in [-0.05, 0) is 49.7 Å². The second kappa shape index (κ2) is 9.00. The van der Waals surface area contributed by atoms with Crippen LogP contribution in [0.15, 0.2) is 52.3 Å². The Labute approximate surface area is 167 Å². The number of ether oxygens (including phenoxy) is 1. The quantitative estimate of drug-likeness (QED) is 0.688. The summed E-state index contributed by atoms with van der Waals surface area (Å²) in [5, 5.41) is 10.3. The van der Waals surface area contributed by atoms with Gasteiger partial charge < -0.3 is 9.84 Å². The molecule has 0 radical (unpaired) electrons. The van der Waals surface area contributed by atoms with E-state index in [-0.39, 0.29) is 6.04 Å². The molecule has 0 aromatic heterocycles. The maximum Gasteiger partial charge on any atom is 0.320 e. The first-order chi connectivity index (χ1) is 12.5. The van der Waals surface area contributed by atoms with Gasteiger partial charge in [-0.1, -0.05) is 47.1 Å². The van der Waals surface area contributed by atoms with Crippen molar-refractivity contribution in [3.8, 4) is 5.75 Å². The minimum Gasteiger partial charge on any atom is -0.491 e. The molecule has 0 bridgehead atoms. The average molecular weight is 412 g/mol. The molecule has 0 aliphatic carbocycles. The number of benzene rings is 2. The molecule has 138 valence electrons. The summed E-state index contributed by atoms with van der Waals surface area (Å²) in [6.07, 6.45) is 1.62. The molecule has 7 heteroatoms. The number of nitrogens with zero attached hydrogens (tertiary/aromatic N) is 1. The predicted molar refractivity (Wildman–Crippen MR) is 105 cm³/mol. The molecule has 26 heavy (non-hydrogen) atoms. The van der Waals surface area contributed by atoms with Gasteiger partial charge in [0.2, 0.25) is 0 Å². The van der Waals surface area contributed by atoms with E-state index in [1.165, 1.54) is 0 Å². The van der Waals surface area contributed by atoms with Crippen LogP contribution >= 0.6 is 35.0 Å². The number of hydrogen-bond acceptors (Lipinski definition) is 4. The summed E-state index contributed by atoms with van der Waals surface area (Å²) in [5.41, 5.74) is 0. The first-order valence-corrected chi connectivity index (χ1v) is 9.93. The Hall–Kier alpha value is -1.40. The summed E-state index contributed by atoms with van der Waals surface area (Å²) in [7, 11) is 0. The Morgan fingerprint density at radius 2 is 2.04 bits per heavy atom. The summed E-state index contributed by atoms with van der Waals surface area (Å²) in [4.78, 5) is 15.2. The fourth-order valence-corrected chi connectivity index (χ4v) is 4.27. The van der Waals surface area contributed by atoms with Crippen molar-refractivity contribution >= 4 is 40.9 Å². The fraction of sp³-hybridized carbons (Fsp3) is 0.316. The number of hydrogen-bond donors (Lipinski definition) is 1. The van der Waals surface area contributed by atoms with E-state index < -0.39 is 5.97 Å². The van der Waals surface area contributed by atoms with Crippen LogP contribution in [0, 0.1) is 0 Å². The molecular formula is C19H19Cl2NO3S. The third-order valence-electron chi connectivity index (χ3n) is 4.25. The highest BCUT2D eigenvalue weighted by molar-refractivity contribution is 7.99. The third kappa shape index (κ3) is 4.86. The first kappa shape index (κ1) is 19.4. The van der Waals surface area contributed by atoms with Crippen molar-refractivity contribution in [1.82, 2.24) is 4.90 Å². The maximum atomic E-state index is 11.2. The predicted octanol–water partition coefficient (Wildman–Crippen LogP) is 5.07. The number of likely N-dealkylation sites (tertiary alicyclic amines) is 1. The molecule has 0 saturated carbocycles. The van der Waals surface area contributed by atoms with Gasteiger partial charge in [-0.15, -0.1) is 0 Å². The number of carboxylic acids is 1. The van der Waals surface area contributed by atoms with Crippen LogP contribution in [0.25, 0.3) is 0 Å². The summed E-state index contributed by atoms with van der Waals surface area (Å²) >= 11 is 13.6. The van der Waals surface area contributed by atoms with Gasteiger partial charge in [0.05, 0.1) is 14.9 Å². The smallest absolute Gasteiger partial charge is 0.320 e. The van der Waals surface area contributed by atoms with Gasteiger partial charge in [0, 0.05) is 11.4 Å². The van der Waals surface area contributed by atoms with Crippen LogP contribution in [0.5, 0.6) is 5.75 Å². The lowest BCUT2D eigenvalue weighted by molar-refractivity contribution is -0.142. The number of halogens is 2. The van der Waals surface area contributed by atoms with Gasteiger partial charge in [0.1, 0.15) is 18.4 Å². The molecule has 4 nitrogen and oxygen atoms in total. The second-order valence-electron chi connectivity index (χ2n) is 6.01. The fourth-order valence-electron chi connectivity index (χ4n) is 2.97. The minimum atomic E-state index is -0.752. The molecule has 1 aliphatic rings. The highest BCUT2D eigenvalue weighted by Gasteiger charge is 2.29. The minimum absolute atomic E-state index is 0.389. The second-order valence-corrected chi connectivity index (χ2v) is 7.94. The van der Waals surface area contributed by atoms with Crippen LogP contribution in [0.4, 0.5) is 0 Å². The van der Waals surface area contributed by atoms with Gasteiger partial charge in [-0.3, -0.25) is 9.69 Å². The van der Waals surface area contributed by atoms with Crippen LogP contribution in [-0.4, -0.2) is 41.7 Å². The summed E-state index contributed by atoms with van der Waals surface area (Å²) < 4.78 is 5.94. The number of rotatable bonds is 7. The Bertz CT molecular complexity index is 787. The van der Waals surface area contributed by atoms with Gasteiger partial charge in [0.25, 0.3) is 0 Å². The van der Waals surface area contributed by atoms with Crippen molar-refractivity contribution in [2.45, 2.75) is 28.7 Å². The summed E-state index contributed by atoms with van der Waals surface area (Å²) in [5.74, 6) is 0.0210. The zero-order valence-corrected chi connectivity index (χ0v) is 16.4. The summed E-state index contributed by atoms with van der Waals surface area (Å²) in [6, 6.07) is 12.9. The summed E-state index contributed by atoms with van der Waals surface area (Å²) in [6.45, 7) is 1.85. The maximum absolute atomic E-state index is 11.2. The van der Waals surface area contributed by atoms with Crippen LogP contribution in [-0.2, 0) is 4.79 Å². The largest absolute Gasteiger partial charge is 0.491 e. The monoisotopic (exact) mass is 411 g/mol. The van der Waals surface area contributed by atoms with Gasteiger partial charge in [-0.2, -0.15) is 0 Å². The zero-order chi connectivity index (χ0) is 18.5. The van der Waals surface area contributed by atoms with E-state index in [9.17, 15) is 9.90 Å². The van der Waals surface area contributed by atoms with Gasteiger partial charge >= 0.3 is 5.97 Å². The van der Waals surface area contributed by atoms with E-state index in [2.05, 4.69) is 0 Å². The molecule has 1 heterocycles. The van der Waals surface area contributed by atoms with Crippen molar-refractivity contribution < 1.29 is 14.6 Å². The lowest BCUT2D eigenvalue weighted by atomic mass is 10.2. The molecule has 1 saturated heterocycles. The molecule has 3 rings (SSSR count). The van der Waals surface area contributed by atoms with E-state index in [1.54, 1.807) is 17.8 Å². The lowest BCUT2D eigenvalue weighted by Crippen LogP contribution is -2.38. The number of carbonyl (C=O) groups is 1. The van der Waals surface area contributed by atoms with E-state index in [4.69, 9.17) is 27.9 Å². The van der Waals surface area contributed by atoms with Crippen LogP contribution in [0.2, 0.25) is 10.0 Å². The SMILES string of the molecule is O=C(O)[C@@H]1CCCN1CCOc1ccccc1Sc1ccc(Cl)c(Cl)c1. The highest BCUT2D eigenvalue weighted by Crippen LogP contribution is 2.37. The molecule has 2 aromatic carbocycles. The van der Waals surface area contributed by atoms with E-state index in [0.29, 0.717) is 29.6 Å². The van der Waals surface area contributed by atoms with E-state index in [0.717, 1.165) is 28.5 Å². The van der Waals surface area contributed by atoms with Crippen molar-refractivity contribution in [2.75, 3.05) is 19.7 Å². The first-order valence-electron chi connectivity index (χ1n) is 8.36. The normalized spacial score (nSPS) is 17.4. The third-order valence-corrected chi connectivity index (χ3v) is 6.04. The molecule has 2 aromatic rings. The Balaban J connectivity index is 1.62. The standard InChI is InChI=1S/C19H19Cl2NO3S/c20-14-8-7-13(12-15(14)21)26-18-6-2-1-5-17(18)25-11-10-22-9-3-4-16(22)19(23)24/h1-2,5-8,12,16H,3-4,9-11H2,(H,23,24)/t16-/m0/s1. The van der Waals surface area contributed by atoms with Crippen molar-refractivity contribution in [2.24, 2.45) is 0 Å². The van der Waals surface area contributed by atoms with Crippen molar-refractivity contribution in [3.05, 3.63) is 52.5 Å². The molecule has 1 aliphatic heterocycles. The zero-order valence-electron chi connectivity index (χ0n) is 14.0.